The molecule has 0 bridgehead atoms. The number of carbonyl (C=O) groups is 1. The Morgan fingerprint density at radius 1 is 1.67 bits per heavy atom. The number of methoxy groups -OCH3 is 1. The smallest absolute Gasteiger partial charge is 0.227 e. The molecule has 0 aliphatic heterocycles. The molecule has 6 heteroatoms. The number of azide groups is 1. The second-order valence-electron chi connectivity index (χ2n) is 4.26. The number of carbonyl (C=O) groups excluding carboxylic acids is 1. The van der Waals surface area contributed by atoms with Crippen molar-refractivity contribution in [1.29, 1.82) is 0 Å². The average molecular weight is 246 g/mol. The van der Waals surface area contributed by atoms with Gasteiger partial charge in [-0.2, -0.15) is 0 Å². The fraction of sp³-hybridized carbons (Fsp3) is 0.417. The van der Waals surface area contributed by atoms with E-state index in [1.165, 1.54) is 0 Å². The monoisotopic (exact) mass is 246 g/mol. The summed E-state index contributed by atoms with van der Waals surface area (Å²) in [6.07, 6.45) is 1.59. The predicted molar refractivity (Wildman–Crippen MR) is 66.2 cm³/mol. The Morgan fingerprint density at radius 3 is 3.06 bits per heavy atom. The molecule has 0 heterocycles. The molecule has 94 valence electrons. The highest BCUT2D eigenvalue weighted by Crippen LogP contribution is 2.38. The summed E-state index contributed by atoms with van der Waals surface area (Å²) in [5, 5.41) is 3.52. The van der Waals surface area contributed by atoms with E-state index in [0.29, 0.717) is 0 Å². The molecule has 6 nitrogen and oxygen atoms in total. The van der Waals surface area contributed by atoms with E-state index in [-0.39, 0.29) is 5.92 Å². The highest BCUT2D eigenvalue weighted by Gasteiger charge is 2.32. The lowest BCUT2D eigenvalue weighted by Gasteiger charge is -2.16. The summed E-state index contributed by atoms with van der Waals surface area (Å²) in [5.74, 6) is 0.0783. The van der Waals surface area contributed by atoms with Gasteiger partial charge in [-0.15, -0.1) is 0 Å². The van der Waals surface area contributed by atoms with Crippen LogP contribution in [0.4, 0.5) is 0 Å². The molecule has 1 amide bonds. The molecule has 0 saturated heterocycles. The van der Waals surface area contributed by atoms with Crippen LogP contribution in [-0.4, -0.2) is 19.1 Å². The van der Waals surface area contributed by atoms with E-state index in [1.807, 2.05) is 18.2 Å². The standard InChI is InChI=1S/C12H14N4O2/c1-18-8-3-5-9-7(6-8)2-4-10(9)11(12(13)17)15-16-14/h3,5-6,10-11H,2,4H2,1H3,(H2,13,17)/t10-,11-/m0/s1. The summed E-state index contributed by atoms with van der Waals surface area (Å²) in [4.78, 5) is 14.0. The van der Waals surface area contributed by atoms with Crippen LogP contribution < -0.4 is 10.5 Å². The van der Waals surface area contributed by atoms with Crippen LogP contribution in [0, 0.1) is 0 Å². The summed E-state index contributed by atoms with van der Waals surface area (Å²) in [7, 11) is 1.61. The van der Waals surface area contributed by atoms with Crippen molar-refractivity contribution in [2.45, 2.75) is 24.8 Å². The zero-order valence-electron chi connectivity index (χ0n) is 10.0. The number of nitrogens with zero attached hydrogens (tertiary/aromatic N) is 3. The highest BCUT2D eigenvalue weighted by atomic mass is 16.5. The number of ether oxygens (including phenoxy) is 1. The molecule has 1 aromatic rings. The minimum atomic E-state index is -0.815. The first-order valence-electron chi connectivity index (χ1n) is 5.67. The van der Waals surface area contributed by atoms with Crippen molar-refractivity contribution in [3.05, 3.63) is 39.8 Å². The number of aryl methyl sites for hydroxylation is 1. The third-order valence-corrected chi connectivity index (χ3v) is 3.32. The topological polar surface area (TPSA) is 101 Å². The molecular formula is C12H14N4O2. The van der Waals surface area contributed by atoms with Crippen molar-refractivity contribution >= 4 is 5.91 Å². The fourth-order valence-corrected chi connectivity index (χ4v) is 2.47. The maximum Gasteiger partial charge on any atom is 0.227 e. The zero-order valence-corrected chi connectivity index (χ0v) is 10.0. The van der Waals surface area contributed by atoms with Gasteiger partial charge in [-0.3, -0.25) is 4.79 Å². The van der Waals surface area contributed by atoms with Gasteiger partial charge in [0.05, 0.1) is 7.11 Å². The average Bonchev–Trinajstić information content (AvgIpc) is 2.78. The molecule has 1 aliphatic carbocycles. The minimum absolute atomic E-state index is 0.126. The van der Waals surface area contributed by atoms with Gasteiger partial charge >= 0.3 is 0 Å². The van der Waals surface area contributed by atoms with Gasteiger partial charge in [0, 0.05) is 10.8 Å². The SMILES string of the molecule is COc1ccc2c(c1)CC[C@@H]2[C@H](N=[N+]=[N-])C(N)=O. The highest BCUT2D eigenvalue weighted by molar-refractivity contribution is 5.81. The van der Waals surface area contributed by atoms with Crippen LogP contribution in [0.15, 0.2) is 23.3 Å². The van der Waals surface area contributed by atoms with Crippen molar-refractivity contribution in [2.24, 2.45) is 10.8 Å². The van der Waals surface area contributed by atoms with Gasteiger partial charge in [-0.25, -0.2) is 0 Å². The van der Waals surface area contributed by atoms with Crippen molar-refractivity contribution in [3.8, 4) is 5.75 Å². The molecule has 0 unspecified atom stereocenters. The Labute approximate surface area is 104 Å². The van der Waals surface area contributed by atoms with Gasteiger partial charge in [0.1, 0.15) is 11.8 Å². The summed E-state index contributed by atoms with van der Waals surface area (Å²) in [6.45, 7) is 0. The number of nitrogens with two attached hydrogens (primary N) is 1. The molecule has 1 aromatic carbocycles. The van der Waals surface area contributed by atoms with E-state index >= 15 is 0 Å². The Hall–Kier alpha value is -2.20. The molecule has 0 radical (unpaired) electrons. The van der Waals surface area contributed by atoms with Crippen LogP contribution in [0.5, 0.6) is 5.75 Å². The Morgan fingerprint density at radius 2 is 2.44 bits per heavy atom. The minimum Gasteiger partial charge on any atom is -0.497 e. The molecule has 2 N–H and O–H groups in total. The first-order valence-corrected chi connectivity index (χ1v) is 5.67. The molecule has 1 aliphatic rings. The first-order chi connectivity index (χ1) is 8.67. The predicted octanol–water partition coefficient (Wildman–Crippen LogP) is 1.89. The van der Waals surface area contributed by atoms with E-state index in [9.17, 15) is 4.79 Å². The van der Waals surface area contributed by atoms with Gasteiger partial charge in [0.15, 0.2) is 0 Å². The molecule has 0 spiro atoms. The van der Waals surface area contributed by atoms with Crippen molar-refractivity contribution in [3.63, 3.8) is 0 Å². The third-order valence-electron chi connectivity index (χ3n) is 3.32. The second-order valence-corrected chi connectivity index (χ2v) is 4.26. The molecule has 18 heavy (non-hydrogen) atoms. The van der Waals surface area contributed by atoms with E-state index in [0.717, 1.165) is 29.7 Å². The summed E-state index contributed by atoms with van der Waals surface area (Å²) in [5.41, 5.74) is 15.9. The number of fused-ring (bicyclic) bond motifs is 1. The van der Waals surface area contributed by atoms with Crippen molar-refractivity contribution < 1.29 is 9.53 Å². The second kappa shape index (κ2) is 4.98. The molecule has 0 saturated carbocycles. The Balaban J connectivity index is 2.36. The quantitative estimate of drug-likeness (QED) is 0.498. The fourth-order valence-electron chi connectivity index (χ4n) is 2.47. The van der Waals surface area contributed by atoms with E-state index in [1.54, 1.807) is 7.11 Å². The number of amides is 1. The number of rotatable bonds is 4. The number of benzene rings is 1. The van der Waals surface area contributed by atoms with Gasteiger partial charge in [0.25, 0.3) is 0 Å². The summed E-state index contributed by atoms with van der Waals surface area (Å²) < 4.78 is 5.16. The van der Waals surface area contributed by atoms with Crippen LogP contribution in [0.2, 0.25) is 0 Å². The summed E-state index contributed by atoms with van der Waals surface area (Å²) in [6, 6.07) is 4.88. The Bertz CT molecular complexity index is 521. The third kappa shape index (κ3) is 2.10. The van der Waals surface area contributed by atoms with Crippen LogP contribution in [0.3, 0.4) is 0 Å². The van der Waals surface area contributed by atoms with E-state index in [2.05, 4.69) is 10.0 Å². The lowest BCUT2D eigenvalue weighted by Crippen LogP contribution is -2.31. The molecule has 2 rings (SSSR count). The van der Waals surface area contributed by atoms with Crippen LogP contribution >= 0.6 is 0 Å². The summed E-state index contributed by atoms with van der Waals surface area (Å²) >= 11 is 0. The zero-order chi connectivity index (χ0) is 13.1. The van der Waals surface area contributed by atoms with Crippen molar-refractivity contribution in [2.75, 3.05) is 7.11 Å². The lowest BCUT2D eigenvalue weighted by atomic mass is 9.93. The molecular weight excluding hydrogens is 232 g/mol. The Kier molecular flexibility index (Phi) is 3.39. The van der Waals surface area contributed by atoms with E-state index < -0.39 is 11.9 Å². The number of hydrogen-bond acceptors (Lipinski definition) is 3. The molecule has 0 aromatic heterocycles. The van der Waals surface area contributed by atoms with Gasteiger partial charge < -0.3 is 10.5 Å². The van der Waals surface area contributed by atoms with Crippen molar-refractivity contribution in [1.82, 2.24) is 0 Å². The molecule has 0 fully saturated rings. The normalized spacial score (nSPS) is 18.6. The number of hydrogen-bond donors (Lipinski definition) is 1. The van der Waals surface area contributed by atoms with E-state index in [4.69, 9.17) is 16.0 Å². The maximum absolute atomic E-state index is 11.3. The number of primary amides is 1. The van der Waals surface area contributed by atoms with Crippen LogP contribution in [0.1, 0.15) is 23.5 Å². The maximum atomic E-state index is 11.3. The van der Waals surface area contributed by atoms with Gasteiger partial charge in [-0.05, 0) is 41.6 Å². The first kappa shape index (κ1) is 12.3. The van der Waals surface area contributed by atoms with Gasteiger partial charge in [0.2, 0.25) is 5.91 Å². The molecule has 2 atom stereocenters. The largest absolute Gasteiger partial charge is 0.497 e. The lowest BCUT2D eigenvalue weighted by molar-refractivity contribution is -0.119. The van der Waals surface area contributed by atoms with Crippen LogP contribution in [-0.2, 0) is 11.2 Å². The van der Waals surface area contributed by atoms with Crippen LogP contribution in [0.25, 0.3) is 10.4 Å². The van der Waals surface area contributed by atoms with Gasteiger partial charge in [-0.1, -0.05) is 11.2 Å².